The molecule has 1 saturated heterocycles. The maximum atomic E-state index is 6.37. The van der Waals surface area contributed by atoms with Gasteiger partial charge in [0.25, 0.3) is 5.79 Å². The Morgan fingerprint density at radius 3 is 1.44 bits per heavy atom. The van der Waals surface area contributed by atoms with Crippen LogP contribution in [0.25, 0.3) is 22.8 Å². The maximum Gasteiger partial charge on any atom is 0.257 e. The molecule has 6 heteroatoms. The number of hydrogen-bond donors (Lipinski definition) is 0. The van der Waals surface area contributed by atoms with Gasteiger partial charge in [0.05, 0.1) is 36.0 Å². The Balaban J connectivity index is 1.06. The van der Waals surface area contributed by atoms with Crippen molar-refractivity contribution in [3.05, 3.63) is 94.6 Å². The molecular formula is C37H38N4O2. The summed E-state index contributed by atoms with van der Waals surface area (Å²) in [6, 6.07) is 20.9. The lowest BCUT2D eigenvalue weighted by Crippen LogP contribution is -2.48. The molecule has 218 valence electrons. The fraction of sp³-hybridized carbons (Fsp3) is 0.459. The summed E-state index contributed by atoms with van der Waals surface area (Å²) in [7, 11) is 0. The Kier molecular flexibility index (Phi) is 5.31. The van der Waals surface area contributed by atoms with E-state index < -0.39 is 5.79 Å². The number of rotatable bonds is 4. The first-order chi connectivity index (χ1) is 20.7. The lowest BCUT2D eigenvalue weighted by molar-refractivity contribution is -0.135. The molecule has 4 unspecified atom stereocenters. The van der Waals surface area contributed by atoms with Crippen molar-refractivity contribution in [2.75, 3.05) is 13.2 Å². The number of aromatic nitrogens is 4. The van der Waals surface area contributed by atoms with Gasteiger partial charge in [-0.2, -0.15) is 0 Å². The summed E-state index contributed by atoms with van der Waals surface area (Å²) in [5, 5.41) is 0. The van der Waals surface area contributed by atoms with Gasteiger partial charge in [-0.15, -0.1) is 0 Å². The monoisotopic (exact) mass is 570 g/mol. The van der Waals surface area contributed by atoms with Crippen molar-refractivity contribution in [3.63, 3.8) is 0 Å². The summed E-state index contributed by atoms with van der Waals surface area (Å²) in [5.74, 6) is 1.50. The van der Waals surface area contributed by atoms with Crippen molar-refractivity contribution in [2.24, 2.45) is 22.7 Å². The van der Waals surface area contributed by atoms with Gasteiger partial charge in [-0.25, -0.2) is 9.97 Å². The van der Waals surface area contributed by atoms with Crippen molar-refractivity contribution in [1.82, 2.24) is 19.9 Å². The van der Waals surface area contributed by atoms with E-state index in [4.69, 9.17) is 29.4 Å². The molecule has 4 bridgehead atoms. The zero-order valence-corrected chi connectivity index (χ0v) is 25.4. The minimum absolute atomic E-state index is 0.380. The maximum absolute atomic E-state index is 6.37. The van der Waals surface area contributed by atoms with Gasteiger partial charge in [-0.3, -0.25) is 9.97 Å². The third kappa shape index (κ3) is 3.60. The Labute approximate surface area is 253 Å². The standard InChI is InChI=1S/C37H38N4O2/c1-35(2)21-17-25(35)23-11-13-29(38-31(23)19-21)27-7-5-9-33(40-27)37(42-15-16-43-37)34-10-6-8-28(41-34)30-14-12-24-26-18-22(36(26,3)4)20-32(24)39-30/h5-14,21-22,25-26H,15-20H2,1-4H3. The van der Waals surface area contributed by atoms with Gasteiger partial charge < -0.3 is 9.47 Å². The van der Waals surface area contributed by atoms with Crippen LogP contribution in [-0.2, 0) is 28.1 Å². The zero-order chi connectivity index (χ0) is 29.1. The van der Waals surface area contributed by atoms with E-state index in [1.807, 2.05) is 36.4 Å². The molecule has 1 aliphatic heterocycles. The minimum Gasteiger partial charge on any atom is -0.337 e. The van der Waals surface area contributed by atoms with E-state index in [2.05, 4.69) is 52.0 Å². The predicted molar refractivity (Wildman–Crippen MR) is 164 cm³/mol. The van der Waals surface area contributed by atoms with Crippen molar-refractivity contribution in [1.29, 1.82) is 0 Å². The topological polar surface area (TPSA) is 70.0 Å². The average Bonchev–Trinajstić information content (AvgIpc) is 3.55. The molecule has 4 aromatic heterocycles. The van der Waals surface area contributed by atoms with Gasteiger partial charge in [0.15, 0.2) is 0 Å². The molecule has 3 fully saturated rings. The largest absolute Gasteiger partial charge is 0.337 e. The Morgan fingerprint density at radius 1 is 0.558 bits per heavy atom. The predicted octanol–water partition coefficient (Wildman–Crippen LogP) is 7.22. The van der Waals surface area contributed by atoms with Crippen LogP contribution in [0.5, 0.6) is 0 Å². The second kappa shape index (κ2) is 8.80. The van der Waals surface area contributed by atoms with Crippen LogP contribution in [0.15, 0.2) is 60.7 Å². The van der Waals surface area contributed by atoms with Crippen LogP contribution in [0.1, 0.15) is 86.3 Å². The molecule has 11 rings (SSSR count). The van der Waals surface area contributed by atoms with Gasteiger partial charge in [0.2, 0.25) is 0 Å². The van der Waals surface area contributed by atoms with E-state index in [0.717, 1.165) is 47.5 Å². The lowest BCUT2D eigenvalue weighted by atomic mass is 9.48. The summed E-state index contributed by atoms with van der Waals surface area (Å²) >= 11 is 0. The summed E-state index contributed by atoms with van der Waals surface area (Å²) in [5.41, 5.74) is 10.9. The quantitative estimate of drug-likeness (QED) is 0.258. The molecule has 6 aliphatic carbocycles. The molecule has 2 saturated carbocycles. The van der Waals surface area contributed by atoms with Crippen LogP contribution in [-0.4, -0.2) is 33.1 Å². The van der Waals surface area contributed by atoms with E-state index >= 15 is 0 Å². The van der Waals surface area contributed by atoms with Crippen molar-refractivity contribution >= 4 is 0 Å². The van der Waals surface area contributed by atoms with Gasteiger partial charge >= 0.3 is 0 Å². The highest BCUT2D eigenvalue weighted by atomic mass is 16.7. The second-order valence-electron chi connectivity index (χ2n) is 14.6. The molecule has 43 heavy (non-hydrogen) atoms. The molecule has 0 amide bonds. The van der Waals surface area contributed by atoms with E-state index in [9.17, 15) is 0 Å². The Morgan fingerprint density at radius 2 is 1.00 bits per heavy atom. The first-order valence-corrected chi connectivity index (χ1v) is 16.0. The Bertz CT molecular complexity index is 1660. The molecule has 0 spiro atoms. The smallest absolute Gasteiger partial charge is 0.257 e. The summed E-state index contributed by atoms with van der Waals surface area (Å²) in [6.07, 6.45) is 4.68. The fourth-order valence-corrected chi connectivity index (χ4v) is 8.88. The van der Waals surface area contributed by atoms with Crippen LogP contribution in [0.4, 0.5) is 0 Å². The normalized spacial score (nSPS) is 28.3. The lowest BCUT2D eigenvalue weighted by Gasteiger charge is -2.56. The van der Waals surface area contributed by atoms with Crippen LogP contribution in [0.3, 0.4) is 0 Å². The van der Waals surface area contributed by atoms with Crippen LogP contribution >= 0.6 is 0 Å². The van der Waals surface area contributed by atoms with E-state index in [1.165, 1.54) is 35.4 Å². The molecule has 7 aliphatic rings. The molecule has 0 N–H and O–H groups in total. The van der Waals surface area contributed by atoms with Gasteiger partial charge in [-0.05, 0) is 108 Å². The molecule has 4 aromatic rings. The third-order valence-electron chi connectivity index (χ3n) is 12.0. The highest BCUT2D eigenvalue weighted by molar-refractivity contribution is 5.58. The highest BCUT2D eigenvalue weighted by Gasteiger charge is 2.54. The third-order valence-corrected chi connectivity index (χ3v) is 12.0. The fourth-order valence-electron chi connectivity index (χ4n) is 8.88. The highest BCUT2D eigenvalue weighted by Crippen LogP contribution is 2.63. The van der Waals surface area contributed by atoms with Crippen molar-refractivity contribution in [2.45, 2.75) is 71.0 Å². The SMILES string of the molecule is CC1(C)C2Cc3nc(-c4cccc(C5(c6cccc(-c7ccc8c(n7)CC7CC8C7(C)C)n6)OCCO5)n4)ccc3C1C2. The van der Waals surface area contributed by atoms with E-state index in [1.54, 1.807) is 0 Å². The summed E-state index contributed by atoms with van der Waals surface area (Å²) in [6.45, 7) is 10.6. The van der Waals surface area contributed by atoms with Crippen LogP contribution in [0.2, 0.25) is 0 Å². The Hall–Kier alpha value is -3.48. The second-order valence-corrected chi connectivity index (χ2v) is 14.6. The zero-order valence-electron chi connectivity index (χ0n) is 25.4. The molecule has 0 aromatic carbocycles. The van der Waals surface area contributed by atoms with Gasteiger partial charge in [0.1, 0.15) is 11.4 Å². The van der Waals surface area contributed by atoms with E-state index in [-0.39, 0.29) is 0 Å². The first kappa shape index (κ1) is 26.0. The molecule has 6 nitrogen and oxygen atoms in total. The summed E-state index contributed by atoms with van der Waals surface area (Å²) in [4.78, 5) is 20.5. The average molecular weight is 571 g/mol. The summed E-state index contributed by atoms with van der Waals surface area (Å²) < 4.78 is 12.7. The van der Waals surface area contributed by atoms with Gasteiger partial charge in [0, 0.05) is 11.4 Å². The molecule has 5 heterocycles. The van der Waals surface area contributed by atoms with Crippen LogP contribution < -0.4 is 0 Å². The van der Waals surface area contributed by atoms with Crippen molar-refractivity contribution < 1.29 is 9.47 Å². The molecular weight excluding hydrogens is 532 g/mol. The number of hydrogen-bond acceptors (Lipinski definition) is 6. The minimum atomic E-state index is -1.17. The number of nitrogens with zero attached hydrogens (tertiary/aromatic N) is 4. The number of pyridine rings is 4. The molecule has 4 atom stereocenters. The first-order valence-electron chi connectivity index (χ1n) is 16.0. The van der Waals surface area contributed by atoms with Gasteiger partial charge in [-0.1, -0.05) is 52.0 Å². The van der Waals surface area contributed by atoms with E-state index in [0.29, 0.717) is 47.3 Å². The van der Waals surface area contributed by atoms with Crippen molar-refractivity contribution in [3.8, 4) is 22.8 Å². The van der Waals surface area contributed by atoms with Crippen LogP contribution in [0, 0.1) is 22.7 Å². The number of ether oxygens (including phenoxy) is 2. The molecule has 0 radical (unpaired) electrons.